The van der Waals surface area contributed by atoms with Crippen molar-refractivity contribution in [1.82, 2.24) is 10.2 Å². The second kappa shape index (κ2) is 12.6. The molecule has 10 heteroatoms. The Morgan fingerprint density at radius 2 is 1.71 bits per heavy atom. The molecule has 0 radical (unpaired) electrons. The van der Waals surface area contributed by atoms with Gasteiger partial charge < -0.3 is 10.2 Å². The quantitative estimate of drug-likeness (QED) is 0.443. The fourth-order valence-corrected chi connectivity index (χ4v) is 4.89. The highest BCUT2D eigenvalue weighted by molar-refractivity contribution is 7.92. The van der Waals surface area contributed by atoms with Gasteiger partial charge >= 0.3 is 0 Å². The maximum absolute atomic E-state index is 13.7. The number of nitrogens with zero attached hydrogens (tertiary/aromatic N) is 2. The van der Waals surface area contributed by atoms with E-state index in [1.54, 1.807) is 0 Å². The van der Waals surface area contributed by atoms with E-state index < -0.39 is 28.5 Å². The minimum atomic E-state index is -3.90. The summed E-state index contributed by atoms with van der Waals surface area (Å²) in [7, 11) is -3.90. The van der Waals surface area contributed by atoms with E-state index in [1.165, 1.54) is 23.1 Å². The Hall–Kier alpha value is -2.29. The molecule has 2 amide bonds. The number of carbonyl (C=O) groups excluding carboxylic acids is 2. The maximum Gasteiger partial charge on any atom is 0.244 e. The van der Waals surface area contributed by atoms with Crippen LogP contribution in [0, 0.1) is 6.92 Å². The summed E-state index contributed by atoms with van der Waals surface area (Å²) in [4.78, 5) is 28.3. The molecule has 0 aliphatic carbocycles. The zero-order chi connectivity index (χ0) is 26.3. The molecule has 0 fully saturated rings. The van der Waals surface area contributed by atoms with Gasteiger partial charge in [-0.15, -0.1) is 0 Å². The fraction of sp³-hybridized carbons (Fsp3) is 0.440. The number of anilines is 1. The van der Waals surface area contributed by atoms with E-state index in [-0.39, 0.29) is 34.2 Å². The normalized spacial score (nSPS) is 13.1. The molecule has 7 nitrogen and oxygen atoms in total. The van der Waals surface area contributed by atoms with Crippen LogP contribution in [0.1, 0.15) is 44.7 Å². The molecule has 2 atom stereocenters. The molecule has 0 spiro atoms. The predicted molar refractivity (Wildman–Crippen MR) is 142 cm³/mol. The third-order valence-corrected chi connectivity index (χ3v) is 7.53. The van der Waals surface area contributed by atoms with Gasteiger partial charge in [0.1, 0.15) is 12.6 Å². The van der Waals surface area contributed by atoms with Crippen molar-refractivity contribution in [2.24, 2.45) is 0 Å². The van der Waals surface area contributed by atoms with Crippen molar-refractivity contribution in [2.75, 3.05) is 17.1 Å². The first-order valence-electron chi connectivity index (χ1n) is 11.5. The molecule has 1 N–H and O–H groups in total. The van der Waals surface area contributed by atoms with Gasteiger partial charge in [-0.25, -0.2) is 8.42 Å². The molecule has 192 valence electrons. The van der Waals surface area contributed by atoms with Crippen LogP contribution in [-0.4, -0.2) is 50.0 Å². The largest absolute Gasteiger partial charge is 0.352 e. The zero-order valence-electron chi connectivity index (χ0n) is 20.7. The number of amides is 2. The lowest BCUT2D eigenvalue weighted by Crippen LogP contribution is -2.53. The molecular formula is C25H33Cl2N3O4S. The minimum absolute atomic E-state index is 0.0650. The molecule has 0 saturated carbocycles. The second-order valence-corrected chi connectivity index (χ2v) is 11.3. The Bertz CT molecular complexity index is 1160. The van der Waals surface area contributed by atoms with E-state index in [0.717, 1.165) is 28.1 Å². The SMILES string of the molecule is CC[C@@H](C)NC(=O)[C@@H](CC)N(Cc1ccccc1C)C(=O)CN(c1cc(Cl)ccc1Cl)S(C)(=O)=O. The molecule has 0 heterocycles. The summed E-state index contributed by atoms with van der Waals surface area (Å²) in [5.74, 6) is -0.809. The standard InChI is InChI=1S/C25H33Cl2N3O4S/c1-6-18(4)28-25(32)22(7-2)29(15-19-11-9-8-10-17(19)3)24(31)16-30(35(5,33)34)23-14-20(26)12-13-21(23)27/h8-14,18,22H,6-7,15-16H2,1-5H3,(H,28,32)/t18-,22-/m1/s1. The van der Waals surface area contributed by atoms with Crippen LogP contribution in [0.5, 0.6) is 0 Å². The van der Waals surface area contributed by atoms with Crippen molar-refractivity contribution in [1.29, 1.82) is 0 Å². The molecule has 0 aromatic heterocycles. The molecule has 0 aliphatic rings. The third-order valence-electron chi connectivity index (χ3n) is 5.84. The van der Waals surface area contributed by atoms with Crippen LogP contribution in [0.4, 0.5) is 5.69 Å². The van der Waals surface area contributed by atoms with Gasteiger partial charge in [0.05, 0.1) is 17.0 Å². The summed E-state index contributed by atoms with van der Waals surface area (Å²) in [5.41, 5.74) is 1.92. The summed E-state index contributed by atoms with van der Waals surface area (Å²) in [6.45, 7) is 7.22. The van der Waals surface area contributed by atoms with Gasteiger partial charge in [0.15, 0.2) is 0 Å². The van der Waals surface area contributed by atoms with E-state index in [9.17, 15) is 18.0 Å². The number of rotatable bonds is 11. The summed E-state index contributed by atoms with van der Waals surface area (Å²) >= 11 is 12.4. The zero-order valence-corrected chi connectivity index (χ0v) is 23.0. The van der Waals surface area contributed by atoms with Crippen molar-refractivity contribution >= 4 is 50.7 Å². The van der Waals surface area contributed by atoms with E-state index in [1.807, 2.05) is 52.0 Å². The summed E-state index contributed by atoms with van der Waals surface area (Å²) in [5, 5.41) is 3.36. The van der Waals surface area contributed by atoms with Gasteiger partial charge in [0.2, 0.25) is 21.8 Å². The van der Waals surface area contributed by atoms with Gasteiger partial charge in [0, 0.05) is 17.6 Å². The average molecular weight is 543 g/mol. The Labute approximate surface area is 218 Å². The molecule has 0 unspecified atom stereocenters. The van der Waals surface area contributed by atoms with E-state index in [0.29, 0.717) is 6.42 Å². The Balaban J connectivity index is 2.50. The van der Waals surface area contributed by atoms with Crippen LogP contribution in [0.25, 0.3) is 0 Å². The van der Waals surface area contributed by atoms with E-state index in [2.05, 4.69) is 5.32 Å². The number of sulfonamides is 1. The highest BCUT2D eigenvalue weighted by atomic mass is 35.5. The van der Waals surface area contributed by atoms with Gasteiger partial charge in [-0.1, -0.05) is 61.3 Å². The van der Waals surface area contributed by atoms with Crippen molar-refractivity contribution in [3.63, 3.8) is 0 Å². The lowest BCUT2D eigenvalue weighted by molar-refractivity contribution is -0.140. The van der Waals surface area contributed by atoms with Crippen molar-refractivity contribution in [2.45, 2.75) is 59.2 Å². The van der Waals surface area contributed by atoms with E-state index in [4.69, 9.17) is 23.2 Å². The lowest BCUT2D eigenvalue weighted by atomic mass is 10.1. The molecule has 0 aliphatic heterocycles. The minimum Gasteiger partial charge on any atom is -0.352 e. The van der Waals surface area contributed by atoms with Crippen LogP contribution in [0.15, 0.2) is 42.5 Å². The number of halogens is 2. The molecule has 0 saturated heterocycles. The van der Waals surface area contributed by atoms with Crippen LogP contribution in [-0.2, 0) is 26.2 Å². The molecule has 2 rings (SSSR count). The molecule has 0 bridgehead atoms. The Kier molecular flexibility index (Phi) is 10.4. The number of benzene rings is 2. The second-order valence-electron chi connectivity index (χ2n) is 8.56. The predicted octanol–water partition coefficient (Wildman–Crippen LogP) is 4.79. The van der Waals surface area contributed by atoms with Crippen LogP contribution >= 0.6 is 23.2 Å². The number of nitrogens with one attached hydrogen (secondary N) is 1. The number of carbonyl (C=O) groups is 2. The first kappa shape index (κ1) is 28.9. The Morgan fingerprint density at radius 1 is 1.06 bits per heavy atom. The highest BCUT2D eigenvalue weighted by Gasteiger charge is 2.32. The molecule has 2 aromatic rings. The summed E-state index contributed by atoms with van der Waals surface area (Å²) in [6.07, 6.45) is 2.09. The average Bonchev–Trinajstić information content (AvgIpc) is 2.79. The maximum atomic E-state index is 13.7. The first-order valence-corrected chi connectivity index (χ1v) is 14.1. The van der Waals surface area contributed by atoms with Crippen LogP contribution in [0.3, 0.4) is 0 Å². The van der Waals surface area contributed by atoms with E-state index >= 15 is 0 Å². The first-order chi connectivity index (χ1) is 16.4. The topological polar surface area (TPSA) is 86.8 Å². The summed E-state index contributed by atoms with van der Waals surface area (Å²) < 4.78 is 26.3. The fourth-order valence-electron chi connectivity index (χ4n) is 3.60. The van der Waals surface area contributed by atoms with Crippen molar-refractivity contribution < 1.29 is 18.0 Å². The van der Waals surface area contributed by atoms with Crippen LogP contribution < -0.4 is 9.62 Å². The number of hydrogen-bond acceptors (Lipinski definition) is 4. The number of aryl methyl sites for hydroxylation is 1. The Morgan fingerprint density at radius 3 is 2.29 bits per heavy atom. The third kappa shape index (κ3) is 7.85. The van der Waals surface area contributed by atoms with Crippen LogP contribution in [0.2, 0.25) is 10.0 Å². The molecule has 35 heavy (non-hydrogen) atoms. The highest BCUT2D eigenvalue weighted by Crippen LogP contribution is 2.31. The number of hydrogen-bond donors (Lipinski definition) is 1. The monoisotopic (exact) mass is 541 g/mol. The van der Waals surface area contributed by atoms with Gasteiger partial charge in [-0.2, -0.15) is 0 Å². The van der Waals surface area contributed by atoms with Gasteiger partial charge in [0.25, 0.3) is 0 Å². The van der Waals surface area contributed by atoms with Gasteiger partial charge in [-0.3, -0.25) is 13.9 Å². The molecule has 2 aromatic carbocycles. The van der Waals surface area contributed by atoms with Crippen molar-refractivity contribution in [3.8, 4) is 0 Å². The molecular weight excluding hydrogens is 509 g/mol. The van der Waals surface area contributed by atoms with Gasteiger partial charge in [-0.05, 0) is 56.0 Å². The summed E-state index contributed by atoms with van der Waals surface area (Å²) in [6, 6.07) is 11.1. The smallest absolute Gasteiger partial charge is 0.244 e. The lowest BCUT2D eigenvalue weighted by Gasteiger charge is -2.34. The van der Waals surface area contributed by atoms with Crippen molar-refractivity contribution in [3.05, 3.63) is 63.6 Å².